The van der Waals surface area contributed by atoms with Gasteiger partial charge in [-0.25, -0.2) is 0 Å². The van der Waals surface area contributed by atoms with Crippen molar-refractivity contribution >= 4 is 5.82 Å². The molecule has 0 unspecified atom stereocenters. The maximum absolute atomic E-state index is 5.66. The number of anilines is 1. The molecule has 3 heteroatoms. The fourth-order valence-corrected chi connectivity index (χ4v) is 2.54. The molecule has 1 saturated carbocycles. The topological polar surface area (TPSA) is 43.8 Å². The summed E-state index contributed by atoms with van der Waals surface area (Å²) in [6.45, 7) is 3.11. The molecule has 1 aliphatic rings. The minimum absolute atomic E-state index is 0.649. The SMILES string of the molecule is Cc1cc(N)nn1CCC1CCCCC1. The smallest absolute Gasteiger partial charge is 0.145 e. The molecule has 0 aromatic carbocycles. The largest absolute Gasteiger partial charge is 0.382 e. The molecule has 0 saturated heterocycles. The monoisotopic (exact) mass is 207 g/mol. The summed E-state index contributed by atoms with van der Waals surface area (Å²) < 4.78 is 2.05. The molecule has 2 N–H and O–H groups in total. The van der Waals surface area contributed by atoms with Gasteiger partial charge in [0.25, 0.3) is 0 Å². The molecule has 3 nitrogen and oxygen atoms in total. The van der Waals surface area contributed by atoms with E-state index in [1.807, 2.05) is 10.7 Å². The molecule has 1 heterocycles. The zero-order valence-electron chi connectivity index (χ0n) is 9.58. The molecule has 0 aliphatic heterocycles. The second-order valence-corrected chi connectivity index (χ2v) is 4.73. The lowest BCUT2D eigenvalue weighted by Gasteiger charge is -2.21. The van der Waals surface area contributed by atoms with Gasteiger partial charge in [0.2, 0.25) is 0 Å². The molecular weight excluding hydrogens is 186 g/mol. The maximum atomic E-state index is 5.66. The van der Waals surface area contributed by atoms with E-state index in [0.29, 0.717) is 5.82 Å². The normalized spacial score (nSPS) is 18.2. The van der Waals surface area contributed by atoms with Crippen molar-refractivity contribution in [3.8, 4) is 0 Å². The van der Waals surface area contributed by atoms with Crippen molar-refractivity contribution in [2.24, 2.45) is 5.92 Å². The van der Waals surface area contributed by atoms with Crippen molar-refractivity contribution < 1.29 is 0 Å². The Hall–Kier alpha value is -0.990. The van der Waals surface area contributed by atoms with Crippen molar-refractivity contribution in [1.82, 2.24) is 9.78 Å². The Morgan fingerprint density at radius 3 is 2.73 bits per heavy atom. The summed E-state index contributed by atoms with van der Waals surface area (Å²) in [6, 6.07) is 1.95. The van der Waals surface area contributed by atoms with Crippen LogP contribution in [0.5, 0.6) is 0 Å². The molecule has 15 heavy (non-hydrogen) atoms. The van der Waals surface area contributed by atoms with Gasteiger partial charge in [-0.15, -0.1) is 0 Å². The summed E-state index contributed by atoms with van der Waals surface area (Å²) >= 11 is 0. The second-order valence-electron chi connectivity index (χ2n) is 4.73. The average molecular weight is 207 g/mol. The number of aryl methyl sites for hydroxylation is 2. The van der Waals surface area contributed by atoms with Gasteiger partial charge in [0, 0.05) is 18.3 Å². The first-order valence-corrected chi connectivity index (χ1v) is 6.05. The van der Waals surface area contributed by atoms with Crippen LogP contribution in [0.2, 0.25) is 0 Å². The third kappa shape index (κ3) is 2.74. The number of nitrogen functional groups attached to an aromatic ring is 1. The van der Waals surface area contributed by atoms with Crippen LogP contribution in [0, 0.1) is 12.8 Å². The van der Waals surface area contributed by atoms with Gasteiger partial charge in [0.05, 0.1) is 0 Å². The van der Waals surface area contributed by atoms with Gasteiger partial charge in [-0.3, -0.25) is 4.68 Å². The molecule has 0 amide bonds. The van der Waals surface area contributed by atoms with Crippen LogP contribution in [-0.2, 0) is 6.54 Å². The van der Waals surface area contributed by atoms with Gasteiger partial charge >= 0.3 is 0 Å². The van der Waals surface area contributed by atoms with Crippen LogP contribution in [-0.4, -0.2) is 9.78 Å². The zero-order chi connectivity index (χ0) is 10.7. The van der Waals surface area contributed by atoms with Crippen molar-refractivity contribution in [1.29, 1.82) is 0 Å². The number of nitrogens with two attached hydrogens (primary N) is 1. The lowest BCUT2D eigenvalue weighted by atomic mass is 9.87. The van der Waals surface area contributed by atoms with E-state index in [-0.39, 0.29) is 0 Å². The lowest BCUT2D eigenvalue weighted by Crippen LogP contribution is -2.11. The summed E-state index contributed by atoms with van der Waals surface area (Å²) in [5.74, 6) is 1.57. The molecule has 1 aromatic heterocycles. The quantitative estimate of drug-likeness (QED) is 0.828. The Balaban J connectivity index is 1.84. The molecular formula is C12H21N3. The van der Waals surface area contributed by atoms with Crippen LogP contribution < -0.4 is 5.73 Å². The third-order valence-electron chi connectivity index (χ3n) is 3.47. The summed E-state index contributed by atoms with van der Waals surface area (Å²) in [5, 5.41) is 4.29. The van der Waals surface area contributed by atoms with E-state index in [4.69, 9.17) is 5.73 Å². The van der Waals surface area contributed by atoms with Gasteiger partial charge in [-0.1, -0.05) is 32.1 Å². The summed E-state index contributed by atoms with van der Waals surface area (Å²) in [4.78, 5) is 0. The number of aromatic nitrogens is 2. The molecule has 84 valence electrons. The standard InChI is InChI=1S/C12H21N3/c1-10-9-12(13)14-15(10)8-7-11-5-3-2-4-6-11/h9,11H,2-8H2,1H3,(H2,13,14). The molecule has 1 aliphatic carbocycles. The summed E-state index contributed by atoms with van der Waals surface area (Å²) in [5.41, 5.74) is 6.84. The number of nitrogens with zero attached hydrogens (tertiary/aromatic N) is 2. The zero-order valence-corrected chi connectivity index (χ0v) is 9.58. The highest BCUT2D eigenvalue weighted by Crippen LogP contribution is 2.26. The van der Waals surface area contributed by atoms with Crippen LogP contribution in [0.3, 0.4) is 0 Å². The number of hydrogen-bond acceptors (Lipinski definition) is 2. The first-order valence-electron chi connectivity index (χ1n) is 6.05. The Morgan fingerprint density at radius 1 is 1.40 bits per heavy atom. The molecule has 1 aromatic rings. The minimum Gasteiger partial charge on any atom is -0.382 e. The first-order chi connectivity index (χ1) is 7.25. The van der Waals surface area contributed by atoms with Crippen molar-refractivity contribution in [2.45, 2.75) is 52.0 Å². The molecule has 0 spiro atoms. The van der Waals surface area contributed by atoms with Crippen LogP contribution in [0.4, 0.5) is 5.82 Å². The van der Waals surface area contributed by atoms with E-state index in [9.17, 15) is 0 Å². The van der Waals surface area contributed by atoms with Crippen molar-refractivity contribution in [3.63, 3.8) is 0 Å². The average Bonchev–Trinajstić information content (AvgIpc) is 2.56. The molecule has 0 radical (unpaired) electrons. The highest BCUT2D eigenvalue weighted by atomic mass is 15.3. The summed E-state index contributed by atoms with van der Waals surface area (Å²) in [7, 11) is 0. The fraction of sp³-hybridized carbons (Fsp3) is 0.750. The van der Waals surface area contributed by atoms with E-state index in [2.05, 4.69) is 12.0 Å². The van der Waals surface area contributed by atoms with Crippen LogP contribution in [0.1, 0.15) is 44.2 Å². The van der Waals surface area contributed by atoms with E-state index in [1.54, 1.807) is 0 Å². The highest BCUT2D eigenvalue weighted by Gasteiger charge is 2.13. The van der Waals surface area contributed by atoms with E-state index in [1.165, 1.54) is 44.2 Å². The van der Waals surface area contributed by atoms with Crippen molar-refractivity contribution in [3.05, 3.63) is 11.8 Å². The Kier molecular flexibility index (Phi) is 3.29. The Morgan fingerprint density at radius 2 is 2.13 bits per heavy atom. The molecule has 2 rings (SSSR count). The highest BCUT2D eigenvalue weighted by molar-refractivity contribution is 5.28. The fourth-order valence-electron chi connectivity index (χ4n) is 2.54. The van der Waals surface area contributed by atoms with Gasteiger partial charge in [0.1, 0.15) is 5.82 Å². The van der Waals surface area contributed by atoms with Gasteiger partial charge < -0.3 is 5.73 Å². The van der Waals surface area contributed by atoms with Gasteiger partial charge in [-0.2, -0.15) is 5.10 Å². The van der Waals surface area contributed by atoms with Gasteiger partial charge in [0.15, 0.2) is 0 Å². The van der Waals surface area contributed by atoms with E-state index >= 15 is 0 Å². The molecule has 1 fully saturated rings. The van der Waals surface area contributed by atoms with Crippen LogP contribution >= 0.6 is 0 Å². The predicted molar refractivity (Wildman–Crippen MR) is 62.6 cm³/mol. The van der Waals surface area contributed by atoms with Gasteiger partial charge in [-0.05, 0) is 19.3 Å². The first kappa shape index (κ1) is 10.5. The van der Waals surface area contributed by atoms with Crippen LogP contribution in [0.15, 0.2) is 6.07 Å². The molecule has 0 atom stereocenters. The third-order valence-corrected chi connectivity index (χ3v) is 3.47. The Labute approximate surface area is 91.7 Å². The maximum Gasteiger partial charge on any atom is 0.145 e. The predicted octanol–water partition coefficient (Wildman–Crippen LogP) is 2.74. The van der Waals surface area contributed by atoms with E-state index in [0.717, 1.165) is 12.5 Å². The van der Waals surface area contributed by atoms with Crippen LogP contribution in [0.25, 0.3) is 0 Å². The number of hydrogen-bond donors (Lipinski definition) is 1. The van der Waals surface area contributed by atoms with E-state index < -0.39 is 0 Å². The van der Waals surface area contributed by atoms with Crippen molar-refractivity contribution in [2.75, 3.05) is 5.73 Å². The number of rotatable bonds is 3. The lowest BCUT2D eigenvalue weighted by molar-refractivity contribution is 0.318. The molecule has 0 bridgehead atoms. The minimum atomic E-state index is 0.649. The Bertz CT molecular complexity index is 311. The summed E-state index contributed by atoms with van der Waals surface area (Å²) in [6.07, 6.45) is 8.37. The second kappa shape index (κ2) is 4.69.